The van der Waals surface area contributed by atoms with Crippen LogP contribution in [-0.2, 0) is 11.3 Å². The van der Waals surface area contributed by atoms with Gasteiger partial charge in [-0.15, -0.1) is 0 Å². The molecule has 0 aliphatic rings. The van der Waals surface area contributed by atoms with Gasteiger partial charge >= 0.3 is 0 Å². The van der Waals surface area contributed by atoms with Gasteiger partial charge in [0.2, 0.25) is 11.8 Å². The fourth-order valence-electron chi connectivity index (χ4n) is 3.34. The first-order valence-electron chi connectivity index (χ1n) is 9.39. The molecular weight excluding hydrogens is 378 g/mol. The number of nitrogens with zero attached hydrogens (tertiary/aromatic N) is 4. The number of rotatable bonds is 5. The second-order valence-corrected chi connectivity index (χ2v) is 6.89. The van der Waals surface area contributed by atoms with Crippen LogP contribution in [0.15, 0.2) is 83.7 Å². The average Bonchev–Trinajstić information content (AvgIpc) is 3.40. The van der Waals surface area contributed by atoms with Gasteiger partial charge in [0.25, 0.3) is 0 Å². The van der Waals surface area contributed by atoms with Crippen LogP contribution in [0, 0.1) is 0 Å². The molecule has 0 saturated carbocycles. The maximum atomic E-state index is 11.1. The monoisotopic (exact) mass is 395 g/mol. The molecule has 1 amide bonds. The number of carbonyl (C=O) groups excluding carboxylic acids is 1. The maximum Gasteiger partial charge on any atom is 0.239 e. The lowest BCUT2D eigenvalue weighted by atomic mass is 10.0. The minimum absolute atomic E-state index is 0.0573. The number of carbonyl (C=O) groups is 1. The number of pyridine rings is 1. The number of primary amides is 1. The van der Waals surface area contributed by atoms with Crippen molar-refractivity contribution < 1.29 is 9.21 Å². The van der Waals surface area contributed by atoms with Gasteiger partial charge in [-0.1, -0.05) is 24.3 Å². The third kappa shape index (κ3) is 3.44. The summed E-state index contributed by atoms with van der Waals surface area (Å²) in [4.78, 5) is 19.8. The molecule has 5 rings (SSSR count). The predicted molar refractivity (Wildman–Crippen MR) is 113 cm³/mol. The Bertz CT molecular complexity index is 1350. The Morgan fingerprint density at radius 1 is 0.967 bits per heavy atom. The van der Waals surface area contributed by atoms with Gasteiger partial charge in [-0.25, -0.2) is 4.98 Å². The Morgan fingerprint density at radius 3 is 2.63 bits per heavy atom. The van der Waals surface area contributed by atoms with E-state index in [0.29, 0.717) is 5.89 Å². The van der Waals surface area contributed by atoms with Gasteiger partial charge in [0, 0.05) is 24.2 Å². The van der Waals surface area contributed by atoms with Crippen molar-refractivity contribution >= 4 is 17.0 Å². The zero-order chi connectivity index (χ0) is 20.5. The predicted octanol–water partition coefficient (Wildman–Crippen LogP) is 3.91. The fourth-order valence-corrected chi connectivity index (χ4v) is 3.34. The van der Waals surface area contributed by atoms with Crippen molar-refractivity contribution in [2.24, 2.45) is 5.73 Å². The van der Waals surface area contributed by atoms with E-state index in [1.807, 2.05) is 54.6 Å². The Kier molecular flexibility index (Phi) is 4.33. The summed E-state index contributed by atoms with van der Waals surface area (Å²) in [5.41, 5.74) is 11.4. The lowest BCUT2D eigenvalue weighted by molar-refractivity contribution is -0.118. The highest BCUT2D eigenvalue weighted by Crippen LogP contribution is 2.30. The van der Waals surface area contributed by atoms with Crippen molar-refractivity contribution in [3.63, 3.8) is 0 Å². The molecule has 7 nitrogen and oxygen atoms in total. The first-order valence-corrected chi connectivity index (χ1v) is 9.39. The highest BCUT2D eigenvalue weighted by Gasteiger charge is 2.11. The zero-order valence-corrected chi connectivity index (χ0v) is 15.9. The third-order valence-electron chi connectivity index (χ3n) is 4.75. The quantitative estimate of drug-likeness (QED) is 0.486. The number of hydrogen-bond donors (Lipinski definition) is 1. The molecule has 0 saturated heterocycles. The van der Waals surface area contributed by atoms with Gasteiger partial charge in [0.15, 0.2) is 5.58 Å². The van der Waals surface area contributed by atoms with Crippen LogP contribution in [-0.4, -0.2) is 25.7 Å². The number of amides is 1. The highest BCUT2D eigenvalue weighted by atomic mass is 16.3. The van der Waals surface area contributed by atoms with Crippen molar-refractivity contribution in [1.29, 1.82) is 0 Å². The molecule has 0 bridgehead atoms. The smallest absolute Gasteiger partial charge is 0.239 e. The Hall–Kier alpha value is -4.26. The van der Waals surface area contributed by atoms with E-state index in [9.17, 15) is 4.79 Å². The molecule has 2 N–H and O–H groups in total. The summed E-state index contributed by atoms with van der Waals surface area (Å²) < 4.78 is 7.40. The molecule has 5 aromatic rings. The molecule has 30 heavy (non-hydrogen) atoms. The van der Waals surface area contributed by atoms with Crippen molar-refractivity contribution in [2.75, 3.05) is 0 Å². The Balaban J connectivity index is 1.49. The van der Waals surface area contributed by atoms with E-state index >= 15 is 0 Å². The van der Waals surface area contributed by atoms with Gasteiger partial charge in [0.1, 0.15) is 12.1 Å². The van der Waals surface area contributed by atoms with Gasteiger partial charge in [-0.05, 0) is 47.5 Å². The molecule has 0 spiro atoms. The molecule has 146 valence electrons. The van der Waals surface area contributed by atoms with E-state index in [-0.39, 0.29) is 6.54 Å². The van der Waals surface area contributed by atoms with Crippen LogP contribution >= 0.6 is 0 Å². The summed E-state index contributed by atoms with van der Waals surface area (Å²) in [5.74, 6) is 0.119. The molecule has 2 aromatic carbocycles. The summed E-state index contributed by atoms with van der Waals surface area (Å²) in [5, 5.41) is 4.42. The zero-order valence-electron chi connectivity index (χ0n) is 15.9. The minimum atomic E-state index is -0.426. The van der Waals surface area contributed by atoms with E-state index in [0.717, 1.165) is 39.0 Å². The lowest BCUT2D eigenvalue weighted by Gasteiger charge is -2.04. The molecule has 0 aliphatic carbocycles. The minimum Gasteiger partial charge on any atom is -0.436 e. The van der Waals surface area contributed by atoms with E-state index in [2.05, 4.69) is 21.1 Å². The van der Waals surface area contributed by atoms with Gasteiger partial charge in [-0.3, -0.25) is 14.5 Å². The summed E-state index contributed by atoms with van der Waals surface area (Å²) in [7, 11) is 0. The normalized spacial score (nSPS) is 11.1. The van der Waals surface area contributed by atoms with Gasteiger partial charge in [0.05, 0.1) is 11.3 Å². The van der Waals surface area contributed by atoms with Crippen LogP contribution in [0.4, 0.5) is 0 Å². The van der Waals surface area contributed by atoms with Crippen LogP contribution in [0.25, 0.3) is 44.9 Å². The Morgan fingerprint density at radius 2 is 1.80 bits per heavy atom. The van der Waals surface area contributed by atoms with Gasteiger partial charge in [-0.2, -0.15) is 5.10 Å². The Labute approximate surface area is 171 Å². The number of oxazole rings is 1. The first-order chi connectivity index (χ1) is 14.7. The number of hydrogen-bond acceptors (Lipinski definition) is 5. The SMILES string of the molecule is NC(=O)Cn1ccc(-c2cccc(-c3ccc4oc(-c5cccnc5)nc4c3)c2)n1. The van der Waals surface area contributed by atoms with E-state index < -0.39 is 5.91 Å². The molecule has 0 unspecified atom stereocenters. The third-order valence-corrected chi connectivity index (χ3v) is 4.75. The summed E-state index contributed by atoms with van der Waals surface area (Å²) in [6, 6.07) is 19.6. The van der Waals surface area contributed by atoms with Crippen LogP contribution < -0.4 is 5.73 Å². The molecule has 0 atom stereocenters. The molecular formula is C23H17N5O2. The van der Waals surface area contributed by atoms with E-state index in [1.54, 1.807) is 18.6 Å². The number of fused-ring (bicyclic) bond motifs is 1. The van der Waals surface area contributed by atoms with Gasteiger partial charge < -0.3 is 10.2 Å². The highest BCUT2D eigenvalue weighted by molar-refractivity contribution is 5.83. The van der Waals surface area contributed by atoms with E-state index in [4.69, 9.17) is 10.2 Å². The van der Waals surface area contributed by atoms with Crippen LogP contribution in [0.5, 0.6) is 0 Å². The largest absolute Gasteiger partial charge is 0.436 e. The molecule has 3 aromatic heterocycles. The fraction of sp³-hybridized carbons (Fsp3) is 0.0435. The molecule has 0 fully saturated rings. The second-order valence-electron chi connectivity index (χ2n) is 6.89. The summed E-state index contributed by atoms with van der Waals surface area (Å²) in [6.07, 6.45) is 5.19. The second kappa shape index (κ2) is 7.29. The van der Waals surface area contributed by atoms with Crippen LogP contribution in [0.2, 0.25) is 0 Å². The standard InChI is InChI=1S/C23H17N5O2/c24-22(29)14-28-10-8-19(27-28)17-4-1-3-15(11-17)16-6-7-21-20(12-16)26-23(30-21)18-5-2-9-25-13-18/h1-13H,14H2,(H2,24,29). The number of benzene rings is 2. The van der Waals surface area contributed by atoms with E-state index in [1.165, 1.54) is 4.68 Å². The summed E-state index contributed by atoms with van der Waals surface area (Å²) >= 11 is 0. The average molecular weight is 395 g/mol. The van der Waals surface area contributed by atoms with Crippen molar-refractivity contribution in [3.05, 3.63) is 79.3 Å². The maximum absolute atomic E-state index is 11.1. The first kappa shape index (κ1) is 17.8. The lowest BCUT2D eigenvalue weighted by Crippen LogP contribution is -2.18. The van der Waals surface area contributed by atoms with Crippen LogP contribution in [0.3, 0.4) is 0 Å². The molecule has 7 heteroatoms. The molecule has 0 aliphatic heterocycles. The van der Waals surface area contributed by atoms with Crippen molar-refractivity contribution in [3.8, 4) is 33.8 Å². The number of nitrogens with two attached hydrogens (primary N) is 1. The van der Waals surface area contributed by atoms with Crippen molar-refractivity contribution in [1.82, 2.24) is 19.7 Å². The molecule has 0 radical (unpaired) electrons. The van der Waals surface area contributed by atoms with Crippen molar-refractivity contribution in [2.45, 2.75) is 6.54 Å². The number of aromatic nitrogens is 4. The summed E-state index contributed by atoms with van der Waals surface area (Å²) in [6.45, 7) is 0.0573. The van der Waals surface area contributed by atoms with Crippen LogP contribution in [0.1, 0.15) is 0 Å². The molecule has 3 heterocycles. The topological polar surface area (TPSA) is 99.8 Å².